The van der Waals surface area contributed by atoms with E-state index in [2.05, 4.69) is 17.0 Å². The molecule has 0 atom stereocenters. The molecular formula is C26H28N4O3S. The molecule has 176 valence electrons. The van der Waals surface area contributed by atoms with E-state index >= 15 is 0 Å². The van der Waals surface area contributed by atoms with Crippen LogP contribution in [0.25, 0.3) is 16.2 Å². The van der Waals surface area contributed by atoms with Gasteiger partial charge in [-0.05, 0) is 55.5 Å². The van der Waals surface area contributed by atoms with Gasteiger partial charge in [-0.25, -0.2) is 4.98 Å². The second-order valence-electron chi connectivity index (χ2n) is 8.21. The molecule has 2 aromatic heterocycles. The van der Waals surface area contributed by atoms with E-state index in [0.29, 0.717) is 13.0 Å². The Morgan fingerprint density at radius 3 is 2.38 bits per heavy atom. The first-order valence-electron chi connectivity index (χ1n) is 11.5. The zero-order valence-electron chi connectivity index (χ0n) is 19.4. The number of thiazole rings is 1. The van der Waals surface area contributed by atoms with Crippen LogP contribution in [0.5, 0.6) is 11.5 Å². The summed E-state index contributed by atoms with van der Waals surface area (Å²) in [5.74, 6) is 1.86. The topological polar surface area (TPSA) is 59.3 Å². The van der Waals surface area contributed by atoms with Crippen LogP contribution in [0.2, 0.25) is 0 Å². The Bertz CT molecular complexity index is 1260. The van der Waals surface area contributed by atoms with Crippen LogP contribution in [-0.4, -0.2) is 60.1 Å². The molecule has 0 radical (unpaired) electrons. The molecule has 7 nitrogen and oxygen atoms in total. The number of carbonyl (C=O) groups is 1. The lowest BCUT2D eigenvalue weighted by atomic mass is 10.1. The normalized spacial score (nSPS) is 13.9. The van der Waals surface area contributed by atoms with E-state index < -0.39 is 0 Å². The van der Waals surface area contributed by atoms with Gasteiger partial charge in [-0.2, -0.15) is 0 Å². The molecule has 0 spiro atoms. The van der Waals surface area contributed by atoms with Gasteiger partial charge in [0, 0.05) is 54.7 Å². The Kier molecular flexibility index (Phi) is 6.40. The van der Waals surface area contributed by atoms with Crippen molar-refractivity contribution in [1.29, 1.82) is 0 Å². The van der Waals surface area contributed by atoms with Gasteiger partial charge in [0.25, 0.3) is 0 Å². The monoisotopic (exact) mass is 476 g/mol. The van der Waals surface area contributed by atoms with Gasteiger partial charge in [-0.15, -0.1) is 11.3 Å². The van der Waals surface area contributed by atoms with Crippen LogP contribution in [0, 0.1) is 0 Å². The molecule has 0 unspecified atom stereocenters. The number of rotatable bonds is 7. The quantitative estimate of drug-likeness (QED) is 0.397. The fourth-order valence-electron chi connectivity index (χ4n) is 4.26. The van der Waals surface area contributed by atoms with Crippen LogP contribution in [-0.2, 0) is 11.2 Å². The maximum absolute atomic E-state index is 13.1. The van der Waals surface area contributed by atoms with E-state index in [1.807, 2.05) is 64.2 Å². The molecule has 4 aromatic rings. The molecular weight excluding hydrogens is 448 g/mol. The first-order valence-corrected chi connectivity index (χ1v) is 12.4. The number of amides is 1. The largest absolute Gasteiger partial charge is 0.497 e. The van der Waals surface area contributed by atoms with Gasteiger partial charge in [0.1, 0.15) is 11.5 Å². The van der Waals surface area contributed by atoms with Crippen molar-refractivity contribution in [3.05, 3.63) is 65.8 Å². The summed E-state index contributed by atoms with van der Waals surface area (Å²) in [6.07, 6.45) is 2.40. The number of nitrogens with zero attached hydrogens (tertiary/aromatic N) is 4. The first kappa shape index (κ1) is 22.3. The summed E-state index contributed by atoms with van der Waals surface area (Å²) in [6, 6.07) is 16.0. The highest BCUT2D eigenvalue weighted by Gasteiger charge is 2.23. The number of hydrogen-bond acceptors (Lipinski definition) is 6. The summed E-state index contributed by atoms with van der Waals surface area (Å²) in [4.78, 5) is 23.0. The van der Waals surface area contributed by atoms with Crippen LogP contribution < -0.4 is 14.4 Å². The van der Waals surface area contributed by atoms with E-state index in [9.17, 15) is 4.79 Å². The lowest BCUT2D eigenvalue weighted by Gasteiger charge is -2.36. The lowest BCUT2D eigenvalue weighted by Crippen LogP contribution is -2.49. The third kappa shape index (κ3) is 4.59. The minimum atomic E-state index is 0.158. The van der Waals surface area contributed by atoms with Crippen molar-refractivity contribution < 1.29 is 14.3 Å². The maximum atomic E-state index is 13.1. The molecule has 1 aliphatic heterocycles. The van der Waals surface area contributed by atoms with Crippen molar-refractivity contribution in [3.63, 3.8) is 0 Å². The third-order valence-corrected chi connectivity index (χ3v) is 7.04. The van der Waals surface area contributed by atoms with Crippen LogP contribution in [0.1, 0.15) is 12.6 Å². The molecule has 2 aromatic carbocycles. The number of imidazole rings is 1. The highest BCUT2D eigenvalue weighted by Crippen LogP contribution is 2.26. The van der Waals surface area contributed by atoms with Crippen LogP contribution >= 0.6 is 11.3 Å². The Morgan fingerprint density at radius 1 is 1.00 bits per heavy atom. The van der Waals surface area contributed by atoms with Crippen molar-refractivity contribution in [2.45, 2.75) is 13.3 Å². The van der Waals surface area contributed by atoms with Gasteiger partial charge in [0.05, 0.1) is 25.8 Å². The number of benzene rings is 2. The number of hydrogen-bond donors (Lipinski definition) is 0. The van der Waals surface area contributed by atoms with Crippen LogP contribution in [0.4, 0.5) is 5.69 Å². The van der Waals surface area contributed by atoms with E-state index in [1.165, 1.54) is 0 Å². The zero-order chi connectivity index (χ0) is 23.5. The summed E-state index contributed by atoms with van der Waals surface area (Å²) >= 11 is 1.57. The van der Waals surface area contributed by atoms with E-state index in [4.69, 9.17) is 14.5 Å². The predicted octanol–water partition coefficient (Wildman–Crippen LogP) is 4.36. The average molecular weight is 477 g/mol. The Hall–Kier alpha value is -3.52. The fourth-order valence-corrected chi connectivity index (χ4v) is 5.13. The maximum Gasteiger partial charge on any atom is 0.228 e. The van der Waals surface area contributed by atoms with Crippen molar-refractivity contribution >= 4 is 27.9 Å². The summed E-state index contributed by atoms with van der Waals surface area (Å²) in [5.41, 5.74) is 4.07. The van der Waals surface area contributed by atoms with Crippen molar-refractivity contribution in [2.24, 2.45) is 0 Å². The molecule has 0 saturated carbocycles. The molecule has 1 saturated heterocycles. The third-order valence-electron chi connectivity index (χ3n) is 6.15. The van der Waals surface area contributed by atoms with E-state index in [1.54, 1.807) is 18.4 Å². The molecule has 3 heterocycles. The molecule has 1 fully saturated rings. The van der Waals surface area contributed by atoms with Gasteiger partial charge >= 0.3 is 0 Å². The molecule has 0 aliphatic carbocycles. The Balaban J connectivity index is 1.22. The molecule has 8 heteroatoms. The second-order valence-corrected chi connectivity index (χ2v) is 9.04. The molecule has 34 heavy (non-hydrogen) atoms. The highest BCUT2D eigenvalue weighted by atomic mass is 32.1. The minimum Gasteiger partial charge on any atom is -0.497 e. The van der Waals surface area contributed by atoms with E-state index in [0.717, 1.165) is 65.3 Å². The Morgan fingerprint density at radius 2 is 1.71 bits per heavy atom. The van der Waals surface area contributed by atoms with Gasteiger partial charge < -0.3 is 19.3 Å². The van der Waals surface area contributed by atoms with E-state index in [-0.39, 0.29) is 5.91 Å². The molecule has 1 amide bonds. The smallest absolute Gasteiger partial charge is 0.228 e. The summed E-state index contributed by atoms with van der Waals surface area (Å²) in [6.45, 7) is 5.71. The van der Waals surface area contributed by atoms with Gasteiger partial charge in [-0.1, -0.05) is 0 Å². The van der Waals surface area contributed by atoms with Crippen LogP contribution in [0.15, 0.2) is 60.1 Å². The summed E-state index contributed by atoms with van der Waals surface area (Å²) in [7, 11) is 1.67. The van der Waals surface area contributed by atoms with Crippen LogP contribution in [0.3, 0.4) is 0 Å². The molecule has 0 N–H and O–H groups in total. The minimum absolute atomic E-state index is 0.158. The highest BCUT2D eigenvalue weighted by molar-refractivity contribution is 7.15. The fraction of sp³-hybridized carbons (Fsp3) is 0.308. The lowest BCUT2D eigenvalue weighted by molar-refractivity contribution is -0.130. The van der Waals surface area contributed by atoms with Crippen molar-refractivity contribution in [2.75, 3.05) is 44.8 Å². The standard InChI is InChI=1S/C26H28N4O3S/c1-3-33-23-8-4-19(5-9-23)24-17-30-21(18-34-26(30)27-24)16-25(31)29-14-12-28(13-15-29)20-6-10-22(32-2)11-7-20/h4-11,17-18H,3,12-16H2,1-2H3. The number of aromatic nitrogens is 2. The number of ether oxygens (including phenoxy) is 2. The predicted molar refractivity (Wildman–Crippen MR) is 135 cm³/mol. The zero-order valence-corrected chi connectivity index (χ0v) is 20.3. The summed E-state index contributed by atoms with van der Waals surface area (Å²) in [5, 5.41) is 2.04. The number of carbonyl (C=O) groups excluding carboxylic acids is 1. The molecule has 0 bridgehead atoms. The number of anilines is 1. The van der Waals surface area contributed by atoms with Crippen molar-refractivity contribution in [1.82, 2.24) is 14.3 Å². The first-order chi connectivity index (χ1) is 16.6. The molecule has 1 aliphatic rings. The number of piperazine rings is 1. The van der Waals surface area contributed by atoms with Crippen molar-refractivity contribution in [3.8, 4) is 22.8 Å². The molecule has 5 rings (SSSR count). The average Bonchev–Trinajstić information content (AvgIpc) is 3.47. The SMILES string of the molecule is CCOc1ccc(-c2cn3c(CC(=O)N4CCN(c5ccc(OC)cc5)CC4)csc3n2)cc1. The van der Waals surface area contributed by atoms with Gasteiger partial charge in [-0.3, -0.25) is 9.20 Å². The Labute approximate surface area is 203 Å². The number of fused-ring (bicyclic) bond motifs is 1. The summed E-state index contributed by atoms with van der Waals surface area (Å²) < 4.78 is 12.8. The second kappa shape index (κ2) is 9.77. The number of methoxy groups -OCH3 is 1. The van der Waals surface area contributed by atoms with Gasteiger partial charge in [0.2, 0.25) is 5.91 Å². The van der Waals surface area contributed by atoms with Gasteiger partial charge in [0.15, 0.2) is 4.96 Å².